The molecule has 21 heavy (non-hydrogen) atoms. The first-order valence-corrected chi connectivity index (χ1v) is 8.80. The third kappa shape index (κ3) is 4.76. The van der Waals surface area contributed by atoms with Crippen LogP contribution in [0.3, 0.4) is 0 Å². The van der Waals surface area contributed by atoms with Crippen LogP contribution >= 0.6 is 15.9 Å². The Bertz CT molecular complexity index is 446. The van der Waals surface area contributed by atoms with E-state index < -0.39 is 0 Å². The SMILES string of the molecule is CCCN(CC1CCCNC1)C(C)c1ccc(Br)cc1F. The van der Waals surface area contributed by atoms with Gasteiger partial charge < -0.3 is 5.32 Å². The van der Waals surface area contributed by atoms with Gasteiger partial charge in [0.05, 0.1) is 0 Å². The average molecular weight is 357 g/mol. The van der Waals surface area contributed by atoms with Gasteiger partial charge in [0.15, 0.2) is 0 Å². The van der Waals surface area contributed by atoms with Crippen molar-refractivity contribution in [2.75, 3.05) is 26.2 Å². The topological polar surface area (TPSA) is 15.3 Å². The van der Waals surface area contributed by atoms with E-state index >= 15 is 0 Å². The van der Waals surface area contributed by atoms with Crippen molar-refractivity contribution in [1.82, 2.24) is 10.2 Å². The molecule has 2 rings (SSSR count). The van der Waals surface area contributed by atoms with Crippen LogP contribution in [0.25, 0.3) is 0 Å². The minimum Gasteiger partial charge on any atom is -0.316 e. The molecule has 2 unspecified atom stereocenters. The molecular weight excluding hydrogens is 331 g/mol. The van der Waals surface area contributed by atoms with E-state index in [1.54, 1.807) is 6.07 Å². The molecule has 1 fully saturated rings. The molecule has 1 aliphatic heterocycles. The summed E-state index contributed by atoms with van der Waals surface area (Å²) in [6.07, 6.45) is 3.64. The van der Waals surface area contributed by atoms with Crippen molar-refractivity contribution in [3.63, 3.8) is 0 Å². The number of nitrogens with zero attached hydrogens (tertiary/aromatic N) is 1. The van der Waals surface area contributed by atoms with E-state index in [9.17, 15) is 4.39 Å². The summed E-state index contributed by atoms with van der Waals surface area (Å²) in [6.45, 7) is 8.62. The summed E-state index contributed by atoms with van der Waals surface area (Å²) in [5, 5.41) is 3.47. The van der Waals surface area contributed by atoms with E-state index in [1.165, 1.54) is 12.8 Å². The number of hydrogen-bond donors (Lipinski definition) is 1. The van der Waals surface area contributed by atoms with E-state index in [2.05, 4.69) is 40.0 Å². The molecule has 0 amide bonds. The Hall–Kier alpha value is -0.450. The van der Waals surface area contributed by atoms with E-state index in [0.29, 0.717) is 5.92 Å². The molecule has 1 saturated heterocycles. The predicted molar refractivity (Wildman–Crippen MR) is 90.0 cm³/mol. The molecule has 118 valence electrons. The van der Waals surface area contributed by atoms with Gasteiger partial charge in [-0.1, -0.05) is 28.9 Å². The Labute approximate surface area is 136 Å². The van der Waals surface area contributed by atoms with Crippen molar-refractivity contribution in [1.29, 1.82) is 0 Å². The van der Waals surface area contributed by atoms with Crippen LogP contribution in [-0.2, 0) is 0 Å². The van der Waals surface area contributed by atoms with E-state index in [1.807, 2.05) is 12.1 Å². The van der Waals surface area contributed by atoms with Gasteiger partial charge in [0.1, 0.15) is 5.82 Å². The van der Waals surface area contributed by atoms with Crippen molar-refractivity contribution in [3.8, 4) is 0 Å². The lowest BCUT2D eigenvalue weighted by atomic mass is 9.97. The summed E-state index contributed by atoms with van der Waals surface area (Å²) in [5.41, 5.74) is 0.801. The zero-order chi connectivity index (χ0) is 15.2. The molecule has 2 atom stereocenters. The highest BCUT2D eigenvalue weighted by atomic mass is 79.9. The Kier molecular flexibility index (Phi) is 6.65. The van der Waals surface area contributed by atoms with Gasteiger partial charge in [0.2, 0.25) is 0 Å². The van der Waals surface area contributed by atoms with E-state index in [4.69, 9.17) is 0 Å². The second-order valence-corrected chi connectivity index (χ2v) is 6.96. The molecule has 1 heterocycles. The fourth-order valence-corrected chi connectivity index (χ4v) is 3.51. The van der Waals surface area contributed by atoms with Gasteiger partial charge in [0.25, 0.3) is 0 Å². The lowest BCUT2D eigenvalue weighted by Crippen LogP contribution is -2.39. The molecule has 1 N–H and O–H groups in total. The number of halogens is 2. The normalized spacial score (nSPS) is 20.7. The quantitative estimate of drug-likeness (QED) is 0.814. The third-order valence-electron chi connectivity index (χ3n) is 4.36. The summed E-state index contributed by atoms with van der Waals surface area (Å²) in [5.74, 6) is 0.575. The van der Waals surface area contributed by atoms with Crippen molar-refractivity contribution < 1.29 is 4.39 Å². The van der Waals surface area contributed by atoms with Crippen molar-refractivity contribution in [2.45, 2.75) is 39.2 Å². The molecule has 0 aliphatic carbocycles. The number of nitrogens with one attached hydrogen (secondary N) is 1. The van der Waals surface area contributed by atoms with Crippen LogP contribution in [0, 0.1) is 11.7 Å². The van der Waals surface area contributed by atoms with Crippen LogP contribution in [0.2, 0.25) is 0 Å². The number of benzene rings is 1. The predicted octanol–water partition coefficient (Wildman–Crippen LogP) is 4.36. The second kappa shape index (κ2) is 8.25. The third-order valence-corrected chi connectivity index (χ3v) is 4.86. The fourth-order valence-electron chi connectivity index (χ4n) is 3.18. The summed E-state index contributed by atoms with van der Waals surface area (Å²) in [7, 11) is 0. The molecule has 1 aromatic rings. The molecule has 1 aliphatic rings. The summed E-state index contributed by atoms with van der Waals surface area (Å²) in [4.78, 5) is 2.43. The maximum absolute atomic E-state index is 14.2. The number of hydrogen-bond acceptors (Lipinski definition) is 2. The second-order valence-electron chi connectivity index (χ2n) is 6.05. The molecule has 2 nitrogen and oxygen atoms in total. The Morgan fingerprint density at radius 2 is 2.29 bits per heavy atom. The lowest BCUT2D eigenvalue weighted by Gasteiger charge is -2.34. The smallest absolute Gasteiger partial charge is 0.129 e. The van der Waals surface area contributed by atoms with Crippen LogP contribution in [0.1, 0.15) is 44.7 Å². The summed E-state index contributed by atoms with van der Waals surface area (Å²) < 4.78 is 15.0. The van der Waals surface area contributed by atoms with Crippen LogP contribution in [0.5, 0.6) is 0 Å². The highest BCUT2D eigenvalue weighted by Gasteiger charge is 2.22. The molecule has 0 spiro atoms. The molecule has 0 saturated carbocycles. The Morgan fingerprint density at radius 3 is 2.90 bits per heavy atom. The first kappa shape index (κ1) is 16.9. The van der Waals surface area contributed by atoms with Crippen molar-refractivity contribution in [3.05, 3.63) is 34.1 Å². The van der Waals surface area contributed by atoms with E-state index in [-0.39, 0.29) is 11.9 Å². The van der Waals surface area contributed by atoms with Crippen LogP contribution in [0.4, 0.5) is 4.39 Å². The van der Waals surface area contributed by atoms with Crippen molar-refractivity contribution in [2.24, 2.45) is 5.92 Å². The van der Waals surface area contributed by atoms with E-state index in [0.717, 1.165) is 42.6 Å². The number of piperidine rings is 1. The minimum absolute atomic E-state index is 0.111. The van der Waals surface area contributed by atoms with Gasteiger partial charge in [-0.05, 0) is 63.9 Å². The first-order chi connectivity index (χ1) is 10.1. The fraction of sp³-hybridized carbons (Fsp3) is 0.647. The van der Waals surface area contributed by atoms with Crippen LogP contribution in [0.15, 0.2) is 22.7 Å². The molecule has 0 bridgehead atoms. The van der Waals surface area contributed by atoms with Crippen molar-refractivity contribution >= 4 is 15.9 Å². The molecule has 1 aromatic carbocycles. The highest BCUT2D eigenvalue weighted by molar-refractivity contribution is 9.10. The largest absolute Gasteiger partial charge is 0.316 e. The monoisotopic (exact) mass is 356 g/mol. The highest BCUT2D eigenvalue weighted by Crippen LogP contribution is 2.27. The molecule has 0 radical (unpaired) electrons. The van der Waals surface area contributed by atoms with Gasteiger partial charge >= 0.3 is 0 Å². The van der Waals surface area contributed by atoms with Gasteiger partial charge in [-0.15, -0.1) is 0 Å². The summed E-state index contributed by atoms with van der Waals surface area (Å²) >= 11 is 3.33. The maximum atomic E-state index is 14.2. The standard InChI is InChI=1S/C17H26BrFN2/c1-3-9-21(12-14-5-4-8-20-11-14)13(2)16-7-6-15(18)10-17(16)19/h6-7,10,13-14,20H,3-5,8-9,11-12H2,1-2H3. The molecular formula is C17H26BrFN2. The maximum Gasteiger partial charge on any atom is 0.129 e. The Balaban J connectivity index is 2.08. The first-order valence-electron chi connectivity index (χ1n) is 8.01. The lowest BCUT2D eigenvalue weighted by molar-refractivity contribution is 0.160. The van der Waals surface area contributed by atoms with Gasteiger partial charge in [-0.25, -0.2) is 4.39 Å². The molecule has 0 aromatic heterocycles. The van der Waals surface area contributed by atoms with Crippen LogP contribution in [-0.4, -0.2) is 31.1 Å². The minimum atomic E-state index is -0.111. The van der Waals surface area contributed by atoms with Gasteiger partial charge in [0, 0.05) is 22.6 Å². The average Bonchev–Trinajstić information content (AvgIpc) is 2.47. The number of rotatable bonds is 6. The van der Waals surface area contributed by atoms with Gasteiger partial charge in [-0.3, -0.25) is 4.90 Å². The zero-order valence-corrected chi connectivity index (χ0v) is 14.6. The van der Waals surface area contributed by atoms with Crippen LogP contribution < -0.4 is 5.32 Å². The molecule has 4 heteroatoms. The summed E-state index contributed by atoms with van der Waals surface area (Å²) in [6, 6.07) is 5.53. The Morgan fingerprint density at radius 1 is 1.48 bits per heavy atom. The van der Waals surface area contributed by atoms with Gasteiger partial charge in [-0.2, -0.15) is 0 Å². The zero-order valence-electron chi connectivity index (χ0n) is 13.0.